The van der Waals surface area contributed by atoms with Crippen LogP contribution in [0.25, 0.3) is 0 Å². The second-order valence-corrected chi connectivity index (χ2v) is 4.32. The topological polar surface area (TPSA) is 95.5 Å². The molecule has 2 amide bonds. The Morgan fingerprint density at radius 3 is 2.47 bits per heavy atom. The van der Waals surface area contributed by atoms with E-state index in [1.807, 2.05) is 0 Å². The Bertz CT molecular complexity index is 530. The van der Waals surface area contributed by atoms with Gasteiger partial charge in [0.1, 0.15) is 6.04 Å². The quantitative estimate of drug-likeness (QED) is 0.781. The van der Waals surface area contributed by atoms with Crippen molar-refractivity contribution in [2.24, 2.45) is 0 Å². The summed E-state index contributed by atoms with van der Waals surface area (Å²) >= 11 is 5.86. The van der Waals surface area contributed by atoms with E-state index < -0.39 is 17.9 Å². The molecule has 0 saturated carbocycles. The van der Waals surface area contributed by atoms with E-state index in [1.165, 1.54) is 32.0 Å². The van der Waals surface area contributed by atoms with Gasteiger partial charge in [0.2, 0.25) is 11.8 Å². The minimum absolute atomic E-state index is 0.00637. The molecule has 1 aromatic rings. The molecule has 0 aliphatic heterocycles. The summed E-state index contributed by atoms with van der Waals surface area (Å²) in [5.74, 6) is -1.95. The molecule has 7 heteroatoms. The van der Waals surface area contributed by atoms with Gasteiger partial charge in [0.15, 0.2) is 0 Å². The number of halogens is 1. The van der Waals surface area contributed by atoms with E-state index in [1.54, 1.807) is 0 Å². The van der Waals surface area contributed by atoms with E-state index >= 15 is 0 Å². The first-order valence-electron chi connectivity index (χ1n) is 5.42. The van der Waals surface area contributed by atoms with Gasteiger partial charge in [-0.2, -0.15) is 0 Å². The summed E-state index contributed by atoms with van der Waals surface area (Å²) in [5.41, 5.74) is 0.190. The Hall–Kier alpha value is -2.08. The number of carbonyl (C=O) groups excluding carboxylic acids is 2. The molecule has 0 radical (unpaired) electrons. The first kappa shape index (κ1) is 15.0. The van der Waals surface area contributed by atoms with Gasteiger partial charge in [-0.1, -0.05) is 11.6 Å². The average molecular weight is 285 g/mol. The summed E-state index contributed by atoms with van der Waals surface area (Å²) in [7, 11) is 0. The van der Waals surface area contributed by atoms with Crippen molar-refractivity contribution in [3.8, 4) is 0 Å². The van der Waals surface area contributed by atoms with Crippen LogP contribution in [0.5, 0.6) is 0 Å². The van der Waals surface area contributed by atoms with Gasteiger partial charge in [-0.05, 0) is 25.1 Å². The van der Waals surface area contributed by atoms with Crippen LogP contribution in [0.1, 0.15) is 24.2 Å². The van der Waals surface area contributed by atoms with Crippen LogP contribution in [0, 0.1) is 0 Å². The number of amides is 2. The van der Waals surface area contributed by atoms with Crippen molar-refractivity contribution in [1.29, 1.82) is 0 Å². The summed E-state index contributed by atoms with van der Waals surface area (Å²) in [6.45, 7) is 2.80. The molecule has 102 valence electrons. The number of hydrogen-bond donors (Lipinski definition) is 3. The molecule has 3 N–H and O–H groups in total. The molecular weight excluding hydrogens is 272 g/mol. The first-order chi connectivity index (χ1) is 8.81. The Morgan fingerprint density at radius 1 is 1.32 bits per heavy atom. The van der Waals surface area contributed by atoms with Crippen LogP contribution in [0.15, 0.2) is 18.2 Å². The molecule has 1 aromatic carbocycles. The molecule has 6 nitrogen and oxygen atoms in total. The van der Waals surface area contributed by atoms with Crippen LogP contribution >= 0.6 is 11.6 Å². The van der Waals surface area contributed by atoms with Gasteiger partial charge >= 0.3 is 5.97 Å². The fourth-order valence-electron chi connectivity index (χ4n) is 1.37. The molecule has 1 atom stereocenters. The standard InChI is InChI=1S/C12H13ClN2O4/c1-6(14-7(2)16)11(17)15-10-5-8(12(18)19)3-4-9(10)13/h3-6H,1-2H3,(H,14,16)(H,15,17)(H,18,19). The zero-order chi connectivity index (χ0) is 14.6. The highest BCUT2D eigenvalue weighted by Crippen LogP contribution is 2.23. The maximum Gasteiger partial charge on any atom is 0.335 e. The maximum atomic E-state index is 11.7. The maximum absolute atomic E-state index is 11.7. The second-order valence-electron chi connectivity index (χ2n) is 3.91. The number of benzene rings is 1. The molecule has 0 aliphatic carbocycles. The van der Waals surface area contributed by atoms with Gasteiger partial charge in [0, 0.05) is 6.92 Å². The highest BCUT2D eigenvalue weighted by atomic mass is 35.5. The second kappa shape index (κ2) is 6.19. The van der Waals surface area contributed by atoms with Crippen molar-refractivity contribution in [1.82, 2.24) is 5.32 Å². The number of nitrogens with one attached hydrogen (secondary N) is 2. The predicted octanol–water partition coefficient (Wildman–Crippen LogP) is 1.50. The lowest BCUT2D eigenvalue weighted by molar-refractivity contribution is -0.124. The Kier molecular flexibility index (Phi) is 4.88. The number of carboxylic acid groups (broad SMARTS) is 1. The summed E-state index contributed by atoms with van der Waals surface area (Å²) in [6.07, 6.45) is 0. The molecule has 0 saturated heterocycles. The molecule has 0 aliphatic rings. The third-order valence-corrected chi connectivity index (χ3v) is 2.61. The van der Waals surface area contributed by atoms with Crippen molar-refractivity contribution in [3.05, 3.63) is 28.8 Å². The summed E-state index contributed by atoms with van der Waals surface area (Å²) < 4.78 is 0. The number of anilines is 1. The van der Waals surface area contributed by atoms with Gasteiger partial charge in [-0.3, -0.25) is 9.59 Å². The van der Waals surface area contributed by atoms with Gasteiger partial charge in [0.05, 0.1) is 16.3 Å². The van der Waals surface area contributed by atoms with Crippen LogP contribution in [0.4, 0.5) is 5.69 Å². The van der Waals surface area contributed by atoms with Gasteiger partial charge < -0.3 is 15.7 Å². The van der Waals surface area contributed by atoms with E-state index in [9.17, 15) is 14.4 Å². The van der Waals surface area contributed by atoms with Crippen molar-refractivity contribution in [2.45, 2.75) is 19.9 Å². The molecule has 1 unspecified atom stereocenters. The lowest BCUT2D eigenvalue weighted by Gasteiger charge is -2.14. The van der Waals surface area contributed by atoms with E-state index in [0.717, 1.165) is 0 Å². The fourth-order valence-corrected chi connectivity index (χ4v) is 1.53. The van der Waals surface area contributed by atoms with Crippen LogP contribution in [-0.2, 0) is 9.59 Å². The van der Waals surface area contributed by atoms with Crippen LogP contribution in [0.3, 0.4) is 0 Å². The minimum atomic E-state index is -1.12. The number of carboxylic acids is 1. The predicted molar refractivity (Wildman–Crippen MR) is 70.3 cm³/mol. The van der Waals surface area contributed by atoms with E-state index in [-0.39, 0.29) is 22.2 Å². The highest BCUT2D eigenvalue weighted by Gasteiger charge is 2.16. The van der Waals surface area contributed by atoms with Gasteiger partial charge in [0.25, 0.3) is 0 Å². The third-order valence-electron chi connectivity index (χ3n) is 2.28. The van der Waals surface area contributed by atoms with E-state index in [4.69, 9.17) is 16.7 Å². The van der Waals surface area contributed by atoms with Crippen molar-refractivity contribution < 1.29 is 19.5 Å². The Balaban J connectivity index is 2.86. The molecule has 1 rings (SSSR count). The molecule has 0 spiro atoms. The van der Waals surface area contributed by atoms with Crippen LogP contribution < -0.4 is 10.6 Å². The SMILES string of the molecule is CC(=O)NC(C)C(=O)Nc1cc(C(=O)O)ccc1Cl. The number of carbonyl (C=O) groups is 3. The van der Waals surface area contributed by atoms with Crippen molar-refractivity contribution in [2.75, 3.05) is 5.32 Å². The van der Waals surface area contributed by atoms with E-state index in [0.29, 0.717) is 0 Å². The molecule has 0 bridgehead atoms. The van der Waals surface area contributed by atoms with E-state index in [2.05, 4.69) is 10.6 Å². The molecule has 0 heterocycles. The molecular formula is C12H13ClN2O4. The van der Waals surface area contributed by atoms with Gasteiger partial charge in [-0.15, -0.1) is 0 Å². The molecule has 19 heavy (non-hydrogen) atoms. The zero-order valence-corrected chi connectivity index (χ0v) is 11.1. The summed E-state index contributed by atoms with van der Waals surface area (Å²) in [6, 6.07) is 3.21. The van der Waals surface area contributed by atoms with Gasteiger partial charge in [-0.25, -0.2) is 4.79 Å². The summed E-state index contributed by atoms with van der Waals surface area (Å²) in [5, 5.41) is 13.9. The number of aromatic carboxylic acids is 1. The monoisotopic (exact) mass is 284 g/mol. The van der Waals surface area contributed by atoms with Crippen LogP contribution in [0.2, 0.25) is 5.02 Å². The Labute approximate surface area is 114 Å². The number of rotatable bonds is 4. The molecule has 0 fully saturated rings. The minimum Gasteiger partial charge on any atom is -0.478 e. The number of hydrogen-bond acceptors (Lipinski definition) is 3. The lowest BCUT2D eigenvalue weighted by atomic mass is 10.2. The lowest BCUT2D eigenvalue weighted by Crippen LogP contribution is -2.40. The normalized spacial score (nSPS) is 11.5. The first-order valence-corrected chi connectivity index (χ1v) is 5.80. The Morgan fingerprint density at radius 2 is 1.95 bits per heavy atom. The molecule has 0 aromatic heterocycles. The summed E-state index contributed by atoms with van der Waals surface area (Å²) in [4.78, 5) is 33.4. The largest absolute Gasteiger partial charge is 0.478 e. The third kappa shape index (κ3) is 4.26. The highest BCUT2D eigenvalue weighted by molar-refractivity contribution is 6.34. The van der Waals surface area contributed by atoms with Crippen molar-refractivity contribution >= 4 is 35.1 Å². The van der Waals surface area contributed by atoms with Crippen molar-refractivity contribution in [3.63, 3.8) is 0 Å². The average Bonchev–Trinajstić information content (AvgIpc) is 2.30. The van der Waals surface area contributed by atoms with Crippen LogP contribution in [-0.4, -0.2) is 28.9 Å². The fraction of sp³-hybridized carbons (Fsp3) is 0.250. The smallest absolute Gasteiger partial charge is 0.335 e. The zero-order valence-electron chi connectivity index (χ0n) is 10.4.